The lowest BCUT2D eigenvalue weighted by molar-refractivity contribution is 0.464. The van der Waals surface area contributed by atoms with Crippen LogP contribution < -0.4 is 51.5 Å². The topological polar surface area (TPSA) is 21.7 Å². The number of hydrogen-bond donors (Lipinski definition) is 0. The molecule has 7 aromatic rings. The highest BCUT2D eigenvalue weighted by molar-refractivity contribution is 7.21. The molecule has 0 unspecified atom stereocenters. The molecule has 0 saturated carbocycles. The Bertz CT molecular complexity index is 2240. The van der Waals surface area contributed by atoms with Crippen LogP contribution in [0.1, 0.15) is 0 Å². The third-order valence-corrected chi connectivity index (χ3v) is 14.9. The Morgan fingerprint density at radius 2 is 0.936 bits per heavy atom. The molecule has 3 nitrogen and oxygen atoms in total. The molecule has 220 valence electrons. The van der Waals surface area contributed by atoms with Crippen LogP contribution in [-0.4, -0.2) is 14.8 Å². The maximum atomic E-state index is 6.58. The summed E-state index contributed by atoms with van der Waals surface area (Å²) in [6.45, 7) is 0.00670. The molecule has 3 aliphatic rings. The van der Waals surface area contributed by atoms with E-state index in [2.05, 4.69) is 163 Å². The van der Waals surface area contributed by atoms with Gasteiger partial charge in [0.1, 0.15) is 23.0 Å². The SMILES string of the molecule is c1ccc([Si]2(c3ccccc3)c3ccccc3N(c3ccc4c(c3)B3c5ccccc5Oc5cccc(c53)O4)c3ccccc32)cc1. The van der Waals surface area contributed by atoms with Gasteiger partial charge in [-0.2, -0.15) is 0 Å². The molecule has 0 aromatic heterocycles. The molecule has 0 N–H and O–H groups in total. The van der Waals surface area contributed by atoms with Crippen molar-refractivity contribution in [3.63, 3.8) is 0 Å². The van der Waals surface area contributed by atoms with E-state index in [1.807, 2.05) is 12.1 Å². The number of fused-ring (bicyclic) bond motifs is 6. The molecular formula is C42H28BNO2Si. The van der Waals surface area contributed by atoms with Crippen molar-refractivity contribution in [3.05, 3.63) is 170 Å². The predicted octanol–water partition coefficient (Wildman–Crippen LogP) is 5.57. The van der Waals surface area contributed by atoms with E-state index >= 15 is 0 Å². The first kappa shape index (κ1) is 26.4. The van der Waals surface area contributed by atoms with E-state index in [9.17, 15) is 0 Å². The van der Waals surface area contributed by atoms with Gasteiger partial charge in [-0.15, -0.1) is 0 Å². The average molecular weight is 618 g/mol. The fraction of sp³-hybridized carbons (Fsp3) is 0. The van der Waals surface area contributed by atoms with Gasteiger partial charge in [-0.1, -0.05) is 121 Å². The van der Waals surface area contributed by atoms with Gasteiger partial charge in [-0.05, 0) is 80.2 Å². The Morgan fingerprint density at radius 1 is 0.426 bits per heavy atom. The first-order valence-electron chi connectivity index (χ1n) is 16.1. The molecule has 3 aliphatic heterocycles. The van der Waals surface area contributed by atoms with Crippen LogP contribution >= 0.6 is 0 Å². The zero-order valence-corrected chi connectivity index (χ0v) is 26.5. The van der Waals surface area contributed by atoms with Crippen molar-refractivity contribution in [1.29, 1.82) is 0 Å². The van der Waals surface area contributed by atoms with Crippen LogP contribution in [0.5, 0.6) is 23.0 Å². The maximum absolute atomic E-state index is 6.58. The van der Waals surface area contributed by atoms with Crippen molar-refractivity contribution in [2.45, 2.75) is 0 Å². The largest absolute Gasteiger partial charge is 0.458 e. The average Bonchev–Trinajstić information content (AvgIpc) is 3.14. The van der Waals surface area contributed by atoms with E-state index in [1.165, 1.54) is 32.1 Å². The van der Waals surface area contributed by atoms with Gasteiger partial charge in [0.15, 0.2) is 8.07 Å². The number of nitrogens with zero attached hydrogens (tertiary/aromatic N) is 1. The van der Waals surface area contributed by atoms with E-state index in [0.717, 1.165) is 45.1 Å². The van der Waals surface area contributed by atoms with Crippen molar-refractivity contribution in [3.8, 4) is 23.0 Å². The summed E-state index contributed by atoms with van der Waals surface area (Å²) >= 11 is 0. The smallest absolute Gasteiger partial charge is 0.260 e. The summed E-state index contributed by atoms with van der Waals surface area (Å²) in [6.07, 6.45) is 0. The van der Waals surface area contributed by atoms with Gasteiger partial charge < -0.3 is 14.4 Å². The van der Waals surface area contributed by atoms with Crippen molar-refractivity contribution >= 4 is 69.0 Å². The summed E-state index contributed by atoms with van der Waals surface area (Å²) in [7, 11) is -2.68. The van der Waals surface area contributed by atoms with Gasteiger partial charge in [-0.3, -0.25) is 0 Å². The normalized spacial score (nSPS) is 14.4. The summed E-state index contributed by atoms with van der Waals surface area (Å²) in [6, 6.07) is 61.6. The summed E-state index contributed by atoms with van der Waals surface area (Å²) < 4.78 is 13.0. The fourth-order valence-corrected chi connectivity index (χ4v) is 13.3. The highest BCUT2D eigenvalue weighted by atomic mass is 28.3. The monoisotopic (exact) mass is 617 g/mol. The van der Waals surface area contributed by atoms with E-state index in [-0.39, 0.29) is 6.71 Å². The number of hydrogen-bond acceptors (Lipinski definition) is 3. The minimum absolute atomic E-state index is 0.00670. The Balaban J connectivity index is 1.23. The zero-order valence-electron chi connectivity index (χ0n) is 25.5. The summed E-state index contributed by atoms with van der Waals surface area (Å²) in [5.41, 5.74) is 6.95. The van der Waals surface area contributed by atoms with E-state index in [4.69, 9.17) is 9.47 Å². The summed E-state index contributed by atoms with van der Waals surface area (Å²) in [5.74, 6) is 3.50. The molecule has 7 aromatic carbocycles. The number of benzene rings is 7. The molecule has 0 saturated heterocycles. The van der Waals surface area contributed by atoms with Gasteiger partial charge in [-0.25, -0.2) is 0 Å². The van der Waals surface area contributed by atoms with Crippen LogP contribution in [0.4, 0.5) is 17.1 Å². The van der Waals surface area contributed by atoms with Crippen molar-refractivity contribution in [2.75, 3.05) is 4.90 Å². The molecule has 0 bridgehead atoms. The molecule has 0 atom stereocenters. The molecule has 0 radical (unpaired) electrons. The minimum Gasteiger partial charge on any atom is -0.458 e. The van der Waals surface area contributed by atoms with Gasteiger partial charge in [0.25, 0.3) is 6.71 Å². The lowest BCUT2D eigenvalue weighted by atomic mass is 9.35. The molecule has 5 heteroatoms. The quantitative estimate of drug-likeness (QED) is 0.242. The number of ether oxygens (including phenoxy) is 2. The van der Waals surface area contributed by atoms with Gasteiger partial charge in [0.05, 0.1) is 0 Å². The lowest BCUT2D eigenvalue weighted by Gasteiger charge is -2.45. The van der Waals surface area contributed by atoms with Crippen molar-refractivity contribution in [2.24, 2.45) is 0 Å². The molecule has 3 heterocycles. The van der Waals surface area contributed by atoms with Crippen LogP contribution in [0, 0.1) is 0 Å². The molecular weight excluding hydrogens is 589 g/mol. The minimum atomic E-state index is -2.68. The molecule has 0 spiro atoms. The number of rotatable bonds is 3. The number of para-hydroxylation sites is 3. The van der Waals surface area contributed by atoms with Gasteiger partial charge >= 0.3 is 0 Å². The Morgan fingerprint density at radius 3 is 1.57 bits per heavy atom. The van der Waals surface area contributed by atoms with E-state index in [0.29, 0.717) is 0 Å². The standard InChI is InChI=1S/C42H28BNO2Si/c1-3-14-30(15-4-1)47(31-16-5-2-6-17-31)40-24-11-8-19-34(40)44(35-20-9-12-25-41(35)47)29-26-27-37-33(28-29)43-32-18-7-10-21-36(32)45-38-22-13-23-39(46-37)42(38)43/h1-28H. The first-order chi connectivity index (χ1) is 23.3. The molecule has 47 heavy (non-hydrogen) atoms. The highest BCUT2D eigenvalue weighted by Crippen LogP contribution is 2.40. The molecule has 0 aliphatic carbocycles. The molecule has 10 rings (SSSR count). The fourth-order valence-electron chi connectivity index (χ4n) is 8.20. The maximum Gasteiger partial charge on any atom is 0.260 e. The van der Waals surface area contributed by atoms with Crippen molar-refractivity contribution in [1.82, 2.24) is 0 Å². The molecule has 0 amide bonds. The van der Waals surface area contributed by atoms with Crippen LogP contribution in [0.15, 0.2) is 170 Å². The zero-order chi connectivity index (χ0) is 31.0. The Kier molecular flexibility index (Phi) is 5.69. The second-order valence-corrected chi connectivity index (χ2v) is 16.1. The Labute approximate surface area is 275 Å². The van der Waals surface area contributed by atoms with E-state index in [1.54, 1.807) is 0 Å². The first-order valence-corrected chi connectivity index (χ1v) is 18.1. The second kappa shape index (κ2) is 10.1. The third-order valence-electron chi connectivity index (χ3n) is 10.1. The van der Waals surface area contributed by atoms with Gasteiger partial charge in [0.2, 0.25) is 0 Å². The van der Waals surface area contributed by atoms with Gasteiger partial charge in [0, 0.05) is 22.5 Å². The summed E-state index contributed by atoms with van der Waals surface area (Å²) in [4.78, 5) is 2.47. The van der Waals surface area contributed by atoms with Crippen LogP contribution in [-0.2, 0) is 0 Å². The Hall–Kier alpha value is -5.78. The second-order valence-electron chi connectivity index (χ2n) is 12.4. The highest BCUT2D eigenvalue weighted by Gasteiger charge is 2.49. The van der Waals surface area contributed by atoms with Crippen LogP contribution in [0.3, 0.4) is 0 Å². The third kappa shape index (κ3) is 3.69. The van der Waals surface area contributed by atoms with Crippen molar-refractivity contribution < 1.29 is 9.47 Å². The lowest BCUT2D eigenvalue weighted by Crippen LogP contribution is -2.77. The predicted molar refractivity (Wildman–Crippen MR) is 196 cm³/mol. The summed E-state index contributed by atoms with van der Waals surface area (Å²) in [5, 5.41) is 5.53. The van der Waals surface area contributed by atoms with E-state index < -0.39 is 8.07 Å². The van der Waals surface area contributed by atoms with Crippen LogP contribution in [0.25, 0.3) is 0 Å². The van der Waals surface area contributed by atoms with Crippen LogP contribution in [0.2, 0.25) is 0 Å². The number of anilines is 3. The molecule has 0 fully saturated rings.